The summed E-state index contributed by atoms with van der Waals surface area (Å²) in [5, 5.41) is 0.146. The van der Waals surface area contributed by atoms with E-state index in [0.29, 0.717) is 5.82 Å². The number of aryl methyl sites for hydroxylation is 1. The van der Waals surface area contributed by atoms with Gasteiger partial charge in [-0.15, -0.1) is 0 Å². The average Bonchev–Trinajstić information content (AvgIpc) is 2.01. The highest BCUT2D eigenvalue weighted by molar-refractivity contribution is 7.90. The van der Waals surface area contributed by atoms with E-state index in [4.69, 9.17) is 0 Å². The number of nitrogens with zero attached hydrogens (tertiary/aromatic N) is 2. The summed E-state index contributed by atoms with van der Waals surface area (Å²) in [4.78, 5) is 7.63. The Balaban J connectivity index is 3.43. The van der Waals surface area contributed by atoms with Crippen LogP contribution in [0.1, 0.15) is 5.82 Å². The van der Waals surface area contributed by atoms with Gasteiger partial charge in [0.2, 0.25) is 0 Å². The zero-order valence-corrected chi connectivity index (χ0v) is 9.65. The quantitative estimate of drug-likeness (QED) is 0.669. The molecular formula is C7H10N2O3S2. The molecule has 0 fully saturated rings. The average molecular weight is 234 g/mol. The lowest BCUT2D eigenvalue weighted by atomic mass is 10.6. The van der Waals surface area contributed by atoms with E-state index in [1.165, 1.54) is 12.3 Å². The van der Waals surface area contributed by atoms with Crippen molar-refractivity contribution in [1.82, 2.24) is 9.97 Å². The molecule has 0 spiro atoms. The van der Waals surface area contributed by atoms with Crippen LogP contribution in [0.3, 0.4) is 0 Å². The molecule has 1 heterocycles. The first kappa shape index (κ1) is 11.3. The predicted molar refractivity (Wildman–Crippen MR) is 52.2 cm³/mol. The van der Waals surface area contributed by atoms with Gasteiger partial charge in [-0.25, -0.2) is 18.4 Å². The monoisotopic (exact) mass is 234 g/mol. The minimum absolute atomic E-state index is 0.0878. The number of sulfone groups is 1. The molecule has 0 bridgehead atoms. The molecular weight excluding hydrogens is 224 g/mol. The van der Waals surface area contributed by atoms with Crippen LogP contribution in [-0.4, -0.2) is 35.1 Å². The number of hydrogen-bond acceptors (Lipinski definition) is 5. The van der Waals surface area contributed by atoms with Crippen LogP contribution >= 0.6 is 0 Å². The lowest BCUT2D eigenvalue weighted by Crippen LogP contribution is -2.06. The lowest BCUT2D eigenvalue weighted by molar-refractivity contribution is 0.596. The summed E-state index contributed by atoms with van der Waals surface area (Å²) in [6, 6.07) is 1.23. The van der Waals surface area contributed by atoms with Crippen LogP contribution in [0, 0.1) is 6.92 Å². The van der Waals surface area contributed by atoms with Crippen molar-refractivity contribution in [3.8, 4) is 0 Å². The maximum atomic E-state index is 11.2. The zero-order chi connectivity index (χ0) is 10.9. The van der Waals surface area contributed by atoms with Crippen LogP contribution in [0.5, 0.6) is 0 Å². The third kappa shape index (κ3) is 2.58. The van der Waals surface area contributed by atoms with E-state index in [-0.39, 0.29) is 10.1 Å². The Labute approximate surface area is 85.0 Å². The van der Waals surface area contributed by atoms with Gasteiger partial charge in [0, 0.05) is 18.6 Å². The Morgan fingerprint density at radius 3 is 2.36 bits per heavy atom. The normalized spacial score (nSPS) is 13.9. The van der Waals surface area contributed by atoms with Crippen molar-refractivity contribution in [3.05, 3.63) is 11.9 Å². The topological polar surface area (TPSA) is 77.0 Å². The fourth-order valence-electron chi connectivity index (χ4n) is 0.851. The summed E-state index contributed by atoms with van der Waals surface area (Å²) in [5.41, 5.74) is 0. The van der Waals surface area contributed by atoms with E-state index in [0.717, 1.165) is 6.26 Å². The molecule has 7 heteroatoms. The van der Waals surface area contributed by atoms with Crippen LogP contribution in [-0.2, 0) is 20.6 Å². The first-order valence-corrected chi connectivity index (χ1v) is 7.15. The minimum atomic E-state index is -3.37. The van der Waals surface area contributed by atoms with Crippen molar-refractivity contribution in [2.24, 2.45) is 0 Å². The summed E-state index contributed by atoms with van der Waals surface area (Å²) < 4.78 is 33.4. The van der Waals surface area contributed by atoms with Gasteiger partial charge < -0.3 is 0 Å². The molecule has 0 N–H and O–H groups in total. The van der Waals surface area contributed by atoms with Crippen molar-refractivity contribution in [1.29, 1.82) is 0 Å². The molecule has 1 rings (SSSR count). The standard InChI is InChI=1S/C7H10N2O3S2/c1-5-8-6(13(2)10)4-7(9-5)14(3,11)12/h4H,1-3H3. The van der Waals surface area contributed by atoms with E-state index >= 15 is 0 Å². The molecule has 1 aromatic rings. The molecule has 0 radical (unpaired) electrons. The number of rotatable bonds is 2. The van der Waals surface area contributed by atoms with Crippen molar-refractivity contribution in [3.63, 3.8) is 0 Å². The van der Waals surface area contributed by atoms with Crippen LogP contribution in [0.25, 0.3) is 0 Å². The van der Waals surface area contributed by atoms with Gasteiger partial charge in [0.25, 0.3) is 0 Å². The maximum absolute atomic E-state index is 11.2. The third-order valence-corrected chi connectivity index (χ3v) is 3.23. The number of aromatic nitrogens is 2. The second-order valence-corrected chi connectivity index (χ2v) is 6.11. The molecule has 0 aromatic carbocycles. The van der Waals surface area contributed by atoms with Crippen LogP contribution in [0.2, 0.25) is 0 Å². The smallest absolute Gasteiger partial charge is 0.192 e. The SMILES string of the molecule is Cc1nc(S(C)=O)cc(S(C)(=O)=O)n1. The Hall–Kier alpha value is -0.820. The van der Waals surface area contributed by atoms with E-state index in [1.54, 1.807) is 6.92 Å². The maximum Gasteiger partial charge on any atom is 0.192 e. The molecule has 14 heavy (non-hydrogen) atoms. The van der Waals surface area contributed by atoms with Gasteiger partial charge in [-0.2, -0.15) is 0 Å². The third-order valence-electron chi connectivity index (χ3n) is 1.47. The minimum Gasteiger partial charge on any atom is -0.253 e. The summed E-state index contributed by atoms with van der Waals surface area (Å²) in [7, 11) is -4.67. The Bertz CT molecular complexity index is 482. The van der Waals surface area contributed by atoms with Gasteiger partial charge in [-0.05, 0) is 6.92 Å². The first-order chi connectivity index (χ1) is 6.30. The Morgan fingerprint density at radius 2 is 1.93 bits per heavy atom. The molecule has 1 atom stereocenters. The van der Waals surface area contributed by atoms with Gasteiger partial charge in [0.05, 0.1) is 10.8 Å². The Kier molecular flexibility index (Phi) is 3.01. The van der Waals surface area contributed by atoms with Gasteiger partial charge in [-0.1, -0.05) is 0 Å². The predicted octanol–water partition coefficient (Wildman–Crippen LogP) is -0.0741. The molecule has 0 saturated carbocycles. The summed E-state index contributed by atoms with van der Waals surface area (Å²) in [6.45, 7) is 1.56. The van der Waals surface area contributed by atoms with E-state index in [1.807, 2.05) is 0 Å². The summed E-state index contributed by atoms with van der Waals surface area (Å²) in [6.07, 6.45) is 2.49. The van der Waals surface area contributed by atoms with Gasteiger partial charge >= 0.3 is 0 Å². The molecule has 0 aliphatic heterocycles. The second-order valence-electron chi connectivity index (χ2n) is 2.82. The van der Waals surface area contributed by atoms with Crippen LogP contribution in [0.4, 0.5) is 0 Å². The molecule has 78 valence electrons. The van der Waals surface area contributed by atoms with Crippen molar-refractivity contribution in [2.75, 3.05) is 12.5 Å². The lowest BCUT2D eigenvalue weighted by Gasteiger charge is -2.01. The highest BCUT2D eigenvalue weighted by atomic mass is 32.2. The molecule has 1 aromatic heterocycles. The van der Waals surface area contributed by atoms with Crippen molar-refractivity contribution < 1.29 is 12.6 Å². The highest BCUT2D eigenvalue weighted by Crippen LogP contribution is 2.09. The molecule has 0 amide bonds. The fraction of sp³-hybridized carbons (Fsp3) is 0.429. The van der Waals surface area contributed by atoms with Crippen molar-refractivity contribution in [2.45, 2.75) is 17.0 Å². The fourth-order valence-corrected chi connectivity index (χ4v) is 2.09. The van der Waals surface area contributed by atoms with E-state index < -0.39 is 20.6 Å². The van der Waals surface area contributed by atoms with E-state index in [9.17, 15) is 12.6 Å². The molecule has 0 aliphatic carbocycles. The summed E-state index contributed by atoms with van der Waals surface area (Å²) in [5.74, 6) is 0.304. The highest BCUT2D eigenvalue weighted by Gasteiger charge is 2.13. The van der Waals surface area contributed by atoms with Gasteiger partial charge in [-0.3, -0.25) is 4.21 Å². The first-order valence-electron chi connectivity index (χ1n) is 3.70. The molecule has 1 unspecified atom stereocenters. The molecule has 0 aliphatic rings. The molecule has 0 saturated heterocycles. The second kappa shape index (κ2) is 3.74. The molecule has 5 nitrogen and oxygen atoms in total. The van der Waals surface area contributed by atoms with Crippen molar-refractivity contribution >= 4 is 20.6 Å². The van der Waals surface area contributed by atoms with Gasteiger partial charge in [0.15, 0.2) is 14.9 Å². The Morgan fingerprint density at radius 1 is 1.36 bits per heavy atom. The van der Waals surface area contributed by atoms with Crippen LogP contribution in [0.15, 0.2) is 16.1 Å². The van der Waals surface area contributed by atoms with Gasteiger partial charge in [0.1, 0.15) is 10.9 Å². The van der Waals surface area contributed by atoms with Crippen LogP contribution < -0.4 is 0 Å². The largest absolute Gasteiger partial charge is 0.253 e. The van der Waals surface area contributed by atoms with E-state index in [2.05, 4.69) is 9.97 Å². The summed E-state index contributed by atoms with van der Waals surface area (Å²) >= 11 is 0. The number of hydrogen-bond donors (Lipinski definition) is 0. The zero-order valence-electron chi connectivity index (χ0n) is 8.01.